The molecule has 1 heterocycles. The van der Waals surface area contributed by atoms with Crippen molar-refractivity contribution in [3.8, 4) is 28.4 Å². The maximum Gasteiger partial charge on any atom is 0.281 e. The summed E-state index contributed by atoms with van der Waals surface area (Å²) in [7, 11) is 3.18. The number of hydrogen-bond donors (Lipinski definition) is 2. The van der Waals surface area contributed by atoms with Crippen LogP contribution in [-0.4, -0.2) is 35.6 Å². The number of amides is 1. The minimum absolute atomic E-state index is 0.198. The molecule has 0 aliphatic heterocycles. The standard InChI is InChI=1S/C24H28N4O4/c1-15(2)14-21(29)26-25-16(3)22-23(17-6-10-19(31-4)11-7-17)27-28(24(22)30)18-8-12-20(32-5)13-9-18/h6-13,15,27H,14H2,1-5H3,(H,26,29)/b25-16+. The Labute approximate surface area is 186 Å². The molecule has 0 aliphatic carbocycles. The molecule has 3 rings (SSSR count). The number of benzene rings is 2. The summed E-state index contributed by atoms with van der Waals surface area (Å²) in [6.07, 6.45) is 0.353. The molecule has 0 saturated carbocycles. The van der Waals surface area contributed by atoms with Crippen LogP contribution in [0.1, 0.15) is 32.8 Å². The molecule has 0 fully saturated rings. The third kappa shape index (κ3) is 5.08. The van der Waals surface area contributed by atoms with Crippen molar-refractivity contribution in [2.45, 2.75) is 27.2 Å². The van der Waals surface area contributed by atoms with Crippen LogP contribution in [0.25, 0.3) is 16.9 Å². The molecule has 8 nitrogen and oxygen atoms in total. The lowest BCUT2D eigenvalue weighted by Gasteiger charge is -2.06. The van der Waals surface area contributed by atoms with E-state index in [2.05, 4.69) is 15.6 Å². The van der Waals surface area contributed by atoms with Gasteiger partial charge < -0.3 is 9.47 Å². The molecule has 0 atom stereocenters. The second-order valence-corrected chi connectivity index (χ2v) is 7.76. The lowest BCUT2D eigenvalue weighted by Crippen LogP contribution is -2.24. The number of carbonyl (C=O) groups is 1. The molecule has 168 valence electrons. The Kier molecular flexibility index (Phi) is 7.14. The van der Waals surface area contributed by atoms with E-state index in [0.29, 0.717) is 40.6 Å². The third-order valence-electron chi connectivity index (χ3n) is 4.90. The number of aromatic amines is 1. The van der Waals surface area contributed by atoms with E-state index in [1.807, 2.05) is 38.1 Å². The summed E-state index contributed by atoms with van der Waals surface area (Å²) >= 11 is 0. The zero-order valence-electron chi connectivity index (χ0n) is 18.9. The molecular weight excluding hydrogens is 408 g/mol. The van der Waals surface area contributed by atoms with Gasteiger partial charge in [-0.1, -0.05) is 13.8 Å². The van der Waals surface area contributed by atoms with Gasteiger partial charge in [-0.05, 0) is 61.4 Å². The first-order valence-electron chi connectivity index (χ1n) is 10.3. The number of rotatable bonds is 8. The van der Waals surface area contributed by atoms with Gasteiger partial charge in [-0.2, -0.15) is 5.10 Å². The lowest BCUT2D eigenvalue weighted by molar-refractivity contribution is -0.121. The smallest absolute Gasteiger partial charge is 0.281 e. The maximum absolute atomic E-state index is 13.4. The highest BCUT2D eigenvalue weighted by atomic mass is 16.5. The summed E-state index contributed by atoms with van der Waals surface area (Å²) < 4.78 is 11.9. The predicted octanol–water partition coefficient (Wildman–Crippen LogP) is 3.74. The lowest BCUT2D eigenvalue weighted by atomic mass is 10.1. The maximum atomic E-state index is 13.4. The van der Waals surface area contributed by atoms with Crippen LogP contribution in [0.3, 0.4) is 0 Å². The van der Waals surface area contributed by atoms with E-state index >= 15 is 0 Å². The summed E-state index contributed by atoms with van der Waals surface area (Å²) in [5.41, 5.74) is 5.07. The number of H-pyrrole nitrogens is 1. The monoisotopic (exact) mass is 436 g/mol. The molecule has 3 aromatic rings. The Bertz CT molecular complexity index is 1160. The fraction of sp³-hybridized carbons (Fsp3) is 0.292. The summed E-state index contributed by atoms with van der Waals surface area (Å²) in [5.74, 6) is 1.41. The van der Waals surface area contributed by atoms with Crippen molar-refractivity contribution in [2.75, 3.05) is 14.2 Å². The van der Waals surface area contributed by atoms with E-state index in [1.165, 1.54) is 4.68 Å². The molecule has 8 heteroatoms. The van der Waals surface area contributed by atoms with Crippen LogP contribution in [0.4, 0.5) is 0 Å². The van der Waals surface area contributed by atoms with E-state index < -0.39 is 0 Å². The molecule has 32 heavy (non-hydrogen) atoms. The highest BCUT2D eigenvalue weighted by Crippen LogP contribution is 2.24. The first kappa shape index (κ1) is 22.9. The molecule has 0 saturated heterocycles. The highest BCUT2D eigenvalue weighted by molar-refractivity contribution is 6.04. The van der Waals surface area contributed by atoms with E-state index in [-0.39, 0.29) is 17.4 Å². The summed E-state index contributed by atoms with van der Waals surface area (Å²) in [6, 6.07) is 14.5. The van der Waals surface area contributed by atoms with Gasteiger partial charge in [-0.25, -0.2) is 10.1 Å². The number of methoxy groups -OCH3 is 2. The number of hydrazone groups is 1. The van der Waals surface area contributed by atoms with Crippen molar-refractivity contribution in [1.82, 2.24) is 15.2 Å². The Hall–Kier alpha value is -3.81. The third-order valence-corrected chi connectivity index (χ3v) is 4.90. The zero-order chi connectivity index (χ0) is 23.3. The van der Waals surface area contributed by atoms with Gasteiger partial charge in [0.2, 0.25) is 5.91 Å². The van der Waals surface area contributed by atoms with Gasteiger partial charge in [0.25, 0.3) is 5.56 Å². The number of nitrogens with one attached hydrogen (secondary N) is 2. The Balaban J connectivity index is 2.08. The van der Waals surface area contributed by atoms with Crippen molar-refractivity contribution < 1.29 is 14.3 Å². The van der Waals surface area contributed by atoms with E-state index in [9.17, 15) is 9.59 Å². The molecule has 0 bridgehead atoms. The second-order valence-electron chi connectivity index (χ2n) is 7.76. The number of aromatic nitrogens is 2. The van der Waals surface area contributed by atoms with E-state index in [1.54, 1.807) is 45.4 Å². The van der Waals surface area contributed by atoms with Crippen LogP contribution in [0.5, 0.6) is 11.5 Å². The second kappa shape index (κ2) is 10.00. The van der Waals surface area contributed by atoms with Crippen molar-refractivity contribution in [3.05, 3.63) is 64.4 Å². The minimum atomic E-state index is -0.277. The van der Waals surface area contributed by atoms with Crippen molar-refractivity contribution >= 4 is 11.6 Å². The van der Waals surface area contributed by atoms with Crippen LogP contribution in [0, 0.1) is 5.92 Å². The summed E-state index contributed by atoms with van der Waals surface area (Å²) in [4.78, 5) is 25.4. The molecule has 0 unspecified atom stereocenters. The fourth-order valence-corrected chi connectivity index (χ4v) is 3.27. The van der Waals surface area contributed by atoms with Crippen LogP contribution in [0.15, 0.2) is 58.4 Å². The van der Waals surface area contributed by atoms with E-state index in [4.69, 9.17) is 9.47 Å². The molecule has 0 aliphatic rings. The largest absolute Gasteiger partial charge is 0.497 e. The van der Waals surface area contributed by atoms with Gasteiger partial charge in [0, 0.05) is 12.0 Å². The van der Waals surface area contributed by atoms with Gasteiger partial charge in [0.05, 0.1) is 36.9 Å². The summed E-state index contributed by atoms with van der Waals surface area (Å²) in [6.45, 7) is 5.61. The average molecular weight is 437 g/mol. The number of hydrogen-bond acceptors (Lipinski definition) is 5. The number of ether oxygens (including phenoxy) is 2. The zero-order valence-corrected chi connectivity index (χ0v) is 18.9. The molecule has 2 N–H and O–H groups in total. The van der Waals surface area contributed by atoms with Gasteiger partial charge >= 0.3 is 0 Å². The fourth-order valence-electron chi connectivity index (χ4n) is 3.27. The van der Waals surface area contributed by atoms with Crippen LogP contribution >= 0.6 is 0 Å². The topological polar surface area (TPSA) is 97.7 Å². The van der Waals surface area contributed by atoms with Crippen molar-refractivity contribution in [1.29, 1.82) is 0 Å². The molecule has 2 aromatic carbocycles. The van der Waals surface area contributed by atoms with Crippen molar-refractivity contribution in [3.63, 3.8) is 0 Å². The van der Waals surface area contributed by atoms with Gasteiger partial charge in [-0.15, -0.1) is 0 Å². The Morgan fingerprint density at radius 2 is 1.59 bits per heavy atom. The first-order chi connectivity index (χ1) is 15.3. The highest BCUT2D eigenvalue weighted by Gasteiger charge is 2.20. The van der Waals surface area contributed by atoms with Gasteiger partial charge in [-0.3, -0.25) is 14.7 Å². The SMILES string of the molecule is COc1ccc(-c2[nH]n(-c3ccc(OC)cc3)c(=O)c2/C(C)=N/NC(=O)CC(C)C)cc1. The van der Waals surface area contributed by atoms with Crippen LogP contribution < -0.4 is 20.5 Å². The number of carbonyl (C=O) groups excluding carboxylic acids is 1. The Morgan fingerprint density at radius 3 is 2.12 bits per heavy atom. The molecule has 1 amide bonds. The average Bonchev–Trinajstić information content (AvgIpc) is 3.14. The van der Waals surface area contributed by atoms with Gasteiger partial charge in [0.15, 0.2) is 0 Å². The number of nitrogens with zero attached hydrogens (tertiary/aromatic N) is 2. The minimum Gasteiger partial charge on any atom is -0.497 e. The normalized spacial score (nSPS) is 11.5. The molecule has 0 radical (unpaired) electrons. The van der Waals surface area contributed by atoms with Crippen LogP contribution in [-0.2, 0) is 4.79 Å². The molecular formula is C24H28N4O4. The molecule has 0 spiro atoms. The molecule has 1 aromatic heterocycles. The quantitative estimate of drug-likeness (QED) is 0.415. The van der Waals surface area contributed by atoms with E-state index in [0.717, 1.165) is 5.56 Å². The summed E-state index contributed by atoms with van der Waals surface area (Å²) in [5, 5.41) is 7.39. The van der Waals surface area contributed by atoms with Gasteiger partial charge in [0.1, 0.15) is 11.5 Å². The Morgan fingerprint density at radius 1 is 1.03 bits per heavy atom. The first-order valence-corrected chi connectivity index (χ1v) is 10.3. The van der Waals surface area contributed by atoms with Crippen LogP contribution in [0.2, 0.25) is 0 Å². The van der Waals surface area contributed by atoms with Crippen molar-refractivity contribution in [2.24, 2.45) is 11.0 Å². The predicted molar refractivity (Wildman–Crippen MR) is 125 cm³/mol.